The minimum absolute atomic E-state index is 0.0236. The summed E-state index contributed by atoms with van der Waals surface area (Å²) >= 11 is 0. The molecule has 0 amide bonds. The monoisotopic (exact) mass is 310 g/mol. The first-order valence-electron chi connectivity index (χ1n) is 9.16. The molecule has 4 aliphatic carbocycles. The quantitative estimate of drug-likeness (QED) is 0.598. The van der Waals surface area contributed by atoms with Gasteiger partial charge in [-0.3, -0.25) is 4.79 Å². The topological polar surface area (TPSA) is 17.1 Å². The number of ketones is 1. The molecule has 0 spiro atoms. The van der Waals surface area contributed by atoms with Gasteiger partial charge in [0.05, 0.1) is 0 Å². The number of carbonyl (C=O) groups excluding carboxylic acids is 1. The minimum Gasteiger partial charge on any atom is -0.300 e. The maximum atomic E-state index is 15.1. The lowest BCUT2D eigenvalue weighted by Gasteiger charge is -2.61. The van der Waals surface area contributed by atoms with Crippen molar-refractivity contribution in [1.82, 2.24) is 0 Å². The van der Waals surface area contributed by atoms with Crippen molar-refractivity contribution in [3.8, 4) is 0 Å². The van der Waals surface area contributed by atoms with Crippen molar-refractivity contribution in [3.63, 3.8) is 0 Å². The molecule has 4 saturated carbocycles. The molecule has 124 valence electrons. The van der Waals surface area contributed by atoms with Crippen molar-refractivity contribution in [2.75, 3.05) is 0 Å². The van der Waals surface area contributed by atoms with E-state index >= 15 is 8.78 Å². The van der Waals surface area contributed by atoms with Crippen LogP contribution in [0.3, 0.4) is 0 Å². The molecule has 3 heteroatoms. The lowest BCUT2D eigenvalue weighted by atomic mass is 9.44. The van der Waals surface area contributed by atoms with Gasteiger partial charge in [0.2, 0.25) is 0 Å². The summed E-state index contributed by atoms with van der Waals surface area (Å²) in [5.74, 6) is -2.54. The standard InChI is InChI=1S/C19H28F2O/c1-17-7-3-4-14(17)16-15(6-8-17)18(2)9-5-13(22)10-12(18)11-19(16,20)21/h12,14-16H,3-11H2,1-2H3/t12-,14-,15-,16-,17-,18-/m1/s1. The predicted octanol–water partition coefficient (Wildman–Crippen LogP) is 5.23. The summed E-state index contributed by atoms with van der Waals surface area (Å²) in [6.07, 6.45) is 7.14. The second-order valence-electron chi connectivity index (χ2n) is 9.23. The van der Waals surface area contributed by atoms with E-state index in [1.807, 2.05) is 0 Å². The van der Waals surface area contributed by atoms with Crippen molar-refractivity contribution in [2.45, 2.75) is 77.6 Å². The van der Waals surface area contributed by atoms with E-state index in [1.54, 1.807) is 0 Å². The molecule has 4 fully saturated rings. The largest absolute Gasteiger partial charge is 0.300 e. The number of carbonyl (C=O) groups is 1. The summed E-state index contributed by atoms with van der Waals surface area (Å²) in [7, 11) is 0. The Balaban J connectivity index is 1.74. The lowest BCUT2D eigenvalue weighted by Crippen LogP contribution is -2.60. The number of halogens is 2. The first kappa shape index (κ1) is 15.1. The van der Waals surface area contributed by atoms with Gasteiger partial charge in [-0.05, 0) is 60.7 Å². The molecule has 0 radical (unpaired) electrons. The maximum Gasteiger partial charge on any atom is 0.251 e. The molecule has 0 N–H and O–H groups in total. The summed E-state index contributed by atoms with van der Waals surface area (Å²) in [6.45, 7) is 4.49. The van der Waals surface area contributed by atoms with E-state index in [4.69, 9.17) is 0 Å². The van der Waals surface area contributed by atoms with Gasteiger partial charge in [0.15, 0.2) is 0 Å². The third-order valence-electron chi connectivity index (χ3n) is 8.25. The van der Waals surface area contributed by atoms with Gasteiger partial charge in [-0.1, -0.05) is 20.3 Å². The molecular weight excluding hydrogens is 282 g/mol. The smallest absolute Gasteiger partial charge is 0.251 e. The van der Waals surface area contributed by atoms with Crippen LogP contribution in [0.2, 0.25) is 0 Å². The number of hydrogen-bond donors (Lipinski definition) is 0. The van der Waals surface area contributed by atoms with Gasteiger partial charge in [0.25, 0.3) is 5.92 Å². The van der Waals surface area contributed by atoms with E-state index in [1.165, 1.54) is 0 Å². The van der Waals surface area contributed by atoms with Gasteiger partial charge < -0.3 is 0 Å². The highest BCUT2D eigenvalue weighted by molar-refractivity contribution is 5.79. The van der Waals surface area contributed by atoms with Gasteiger partial charge in [0, 0.05) is 25.2 Å². The second-order valence-corrected chi connectivity index (χ2v) is 9.23. The summed E-state index contributed by atoms with van der Waals surface area (Å²) in [5.41, 5.74) is 0.127. The molecule has 6 atom stereocenters. The molecule has 0 aromatic rings. The third kappa shape index (κ3) is 1.89. The van der Waals surface area contributed by atoms with Gasteiger partial charge in [-0.2, -0.15) is 0 Å². The first-order valence-corrected chi connectivity index (χ1v) is 9.16. The van der Waals surface area contributed by atoms with E-state index < -0.39 is 11.8 Å². The minimum atomic E-state index is -2.57. The SMILES string of the molecule is C[C@]12CCC[C@@H]1[C@@H]1[C@@H](CC2)[C@]2(C)CCC(=O)C[C@@H]2CC1(F)F. The zero-order chi connectivity index (χ0) is 15.8. The maximum absolute atomic E-state index is 15.1. The molecule has 0 aromatic heterocycles. The molecule has 1 nitrogen and oxygen atoms in total. The highest BCUT2D eigenvalue weighted by Gasteiger charge is 2.66. The van der Waals surface area contributed by atoms with Gasteiger partial charge in [-0.15, -0.1) is 0 Å². The Hall–Kier alpha value is -0.470. The fourth-order valence-electron chi connectivity index (χ4n) is 6.94. The van der Waals surface area contributed by atoms with Crippen molar-refractivity contribution in [1.29, 1.82) is 0 Å². The van der Waals surface area contributed by atoms with Crippen LogP contribution in [0.5, 0.6) is 0 Å². The molecule has 4 rings (SSSR count). The van der Waals surface area contributed by atoms with Crippen LogP contribution in [0.25, 0.3) is 0 Å². The summed E-state index contributed by atoms with van der Waals surface area (Å²) in [5, 5.41) is 0. The Labute approximate surface area is 132 Å². The zero-order valence-corrected chi connectivity index (χ0v) is 13.8. The fourth-order valence-corrected chi connectivity index (χ4v) is 6.94. The molecule has 0 bridgehead atoms. The van der Waals surface area contributed by atoms with Crippen molar-refractivity contribution < 1.29 is 13.6 Å². The third-order valence-corrected chi connectivity index (χ3v) is 8.25. The van der Waals surface area contributed by atoms with Crippen LogP contribution in [-0.2, 0) is 4.79 Å². The van der Waals surface area contributed by atoms with Gasteiger partial charge in [0.1, 0.15) is 5.78 Å². The Kier molecular flexibility index (Phi) is 3.11. The highest BCUT2D eigenvalue weighted by atomic mass is 19.3. The summed E-state index contributed by atoms with van der Waals surface area (Å²) < 4.78 is 30.2. The highest BCUT2D eigenvalue weighted by Crippen LogP contribution is 2.69. The number of rotatable bonds is 0. The Bertz CT molecular complexity index is 502. The molecule has 0 aliphatic heterocycles. The number of hydrogen-bond acceptors (Lipinski definition) is 1. The average molecular weight is 310 g/mol. The van der Waals surface area contributed by atoms with E-state index in [-0.39, 0.29) is 40.8 Å². The Morgan fingerprint density at radius 1 is 1.05 bits per heavy atom. The molecule has 0 unspecified atom stereocenters. The van der Waals surface area contributed by atoms with Gasteiger partial charge in [-0.25, -0.2) is 8.78 Å². The van der Waals surface area contributed by atoms with Crippen LogP contribution < -0.4 is 0 Å². The Morgan fingerprint density at radius 2 is 1.82 bits per heavy atom. The normalized spacial score (nSPS) is 53.5. The predicted molar refractivity (Wildman–Crippen MR) is 81.7 cm³/mol. The van der Waals surface area contributed by atoms with Crippen LogP contribution in [0.15, 0.2) is 0 Å². The number of fused-ring (bicyclic) bond motifs is 5. The van der Waals surface area contributed by atoms with Crippen molar-refractivity contribution in [3.05, 3.63) is 0 Å². The fraction of sp³-hybridized carbons (Fsp3) is 0.947. The summed E-state index contributed by atoms with van der Waals surface area (Å²) in [6, 6.07) is 0. The van der Waals surface area contributed by atoms with Gasteiger partial charge >= 0.3 is 0 Å². The summed E-state index contributed by atoms with van der Waals surface area (Å²) in [4.78, 5) is 11.8. The zero-order valence-electron chi connectivity index (χ0n) is 13.8. The van der Waals surface area contributed by atoms with Crippen LogP contribution in [0.1, 0.15) is 71.6 Å². The average Bonchev–Trinajstić information content (AvgIpc) is 2.82. The lowest BCUT2D eigenvalue weighted by molar-refractivity contribution is -0.227. The molecule has 0 heterocycles. The molecule has 0 saturated heterocycles. The molecular formula is C19H28F2O. The number of alkyl halides is 2. The molecule has 4 aliphatic rings. The molecule has 0 aromatic carbocycles. The van der Waals surface area contributed by atoms with Crippen LogP contribution in [0.4, 0.5) is 8.78 Å². The van der Waals surface area contributed by atoms with E-state index in [9.17, 15) is 4.79 Å². The molecule has 22 heavy (non-hydrogen) atoms. The van der Waals surface area contributed by atoms with E-state index in [0.29, 0.717) is 12.8 Å². The van der Waals surface area contributed by atoms with Crippen molar-refractivity contribution in [2.24, 2.45) is 34.5 Å². The van der Waals surface area contributed by atoms with Crippen LogP contribution in [-0.4, -0.2) is 11.7 Å². The van der Waals surface area contributed by atoms with E-state index in [0.717, 1.165) is 38.5 Å². The van der Waals surface area contributed by atoms with Crippen LogP contribution >= 0.6 is 0 Å². The van der Waals surface area contributed by atoms with E-state index in [2.05, 4.69) is 13.8 Å². The Morgan fingerprint density at radius 3 is 2.59 bits per heavy atom. The second kappa shape index (κ2) is 4.54. The van der Waals surface area contributed by atoms with Crippen LogP contribution in [0, 0.1) is 34.5 Å². The van der Waals surface area contributed by atoms with Crippen molar-refractivity contribution >= 4 is 5.78 Å². The first-order chi connectivity index (χ1) is 10.3. The number of Topliss-reactive ketones (excluding diaryl/α,β-unsaturated/α-hetero) is 1.